The van der Waals surface area contributed by atoms with E-state index in [4.69, 9.17) is 4.74 Å². The average Bonchev–Trinajstić information content (AvgIpc) is 2.83. The van der Waals surface area contributed by atoms with Gasteiger partial charge < -0.3 is 14.7 Å². The van der Waals surface area contributed by atoms with E-state index in [2.05, 4.69) is 37.1 Å². The number of nitrogens with zero attached hydrogens (tertiary/aromatic N) is 1. The number of aryl methyl sites for hydroxylation is 1. The maximum atomic E-state index is 10.5. The molecule has 2 aliphatic carbocycles. The van der Waals surface area contributed by atoms with Gasteiger partial charge in [0.2, 0.25) is 0 Å². The second kappa shape index (κ2) is 3.71. The molecule has 3 unspecified atom stereocenters. The van der Waals surface area contributed by atoms with Gasteiger partial charge in [0, 0.05) is 22.9 Å². The molecule has 2 heterocycles. The zero-order chi connectivity index (χ0) is 14.4. The Morgan fingerprint density at radius 1 is 1.33 bits per heavy atom. The number of hydrogen-bond acceptors (Lipinski definition) is 3. The summed E-state index contributed by atoms with van der Waals surface area (Å²) in [4.78, 5) is 2.50. The first-order valence-corrected chi connectivity index (χ1v) is 7.99. The zero-order valence-corrected chi connectivity index (χ0v) is 12.5. The van der Waals surface area contributed by atoms with E-state index < -0.39 is 6.10 Å². The van der Waals surface area contributed by atoms with Crippen molar-refractivity contribution in [3.63, 3.8) is 0 Å². The van der Waals surface area contributed by atoms with Crippen LogP contribution >= 0.6 is 0 Å². The minimum Gasteiger partial charge on any atom is -0.486 e. The molecule has 5 atom stereocenters. The quantitative estimate of drug-likeness (QED) is 0.737. The van der Waals surface area contributed by atoms with E-state index in [1.807, 2.05) is 6.08 Å². The first-order chi connectivity index (χ1) is 10.1. The number of aliphatic hydroxyl groups is 1. The Hall–Kier alpha value is -1.32. The predicted octanol–water partition coefficient (Wildman–Crippen LogP) is 1.80. The Morgan fingerprint density at radius 2 is 2.19 bits per heavy atom. The molecular weight excluding hydrogens is 262 g/mol. The van der Waals surface area contributed by atoms with Crippen molar-refractivity contribution in [3.8, 4) is 5.75 Å². The Morgan fingerprint density at radius 3 is 3.05 bits per heavy atom. The van der Waals surface area contributed by atoms with Crippen molar-refractivity contribution < 1.29 is 9.84 Å². The van der Waals surface area contributed by atoms with Crippen LogP contribution in [0.2, 0.25) is 0 Å². The molecule has 3 heteroatoms. The first-order valence-electron chi connectivity index (χ1n) is 7.99. The standard InChI is InChI=1S/C18H21NO2/c1-10-3-4-11-9-13-12-5-6-14(20)17-18(12,7-8-19(13)2)15(11)16(10)21-17/h3-6,12-14,17,20H,7-9H2,1-2H3/t12-,13?,14?,17?,18-/m0/s1. The van der Waals surface area contributed by atoms with Crippen molar-refractivity contribution in [2.45, 2.75) is 43.4 Å². The summed E-state index contributed by atoms with van der Waals surface area (Å²) in [6.07, 6.45) is 5.83. The van der Waals surface area contributed by atoms with Crippen LogP contribution in [-0.2, 0) is 11.8 Å². The lowest BCUT2D eigenvalue weighted by Gasteiger charge is -2.56. The van der Waals surface area contributed by atoms with Gasteiger partial charge in [0.1, 0.15) is 18.0 Å². The number of likely N-dealkylation sites (N-methyl/N-ethyl adjacent to an activating group) is 1. The minimum atomic E-state index is -0.483. The Bertz CT molecular complexity index is 667. The fourth-order valence-corrected chi connectivity index (χ4v) is 5.39. The normalized spacial score (nSPS) is 42.6. The molecule has 5 rings (SSSR count). The van der Waals surface area contributed by atoms with Gasteiger partial charge in [0.15, 0.2) is 0 Å². The van der Waals surface area contributed by atoms with E-state index in [1.165, 1.54) is 16.7 Å². The average molecular weight is 283 g/mol. The van der Waals surface area contributed by atoms with Gasteiger partial charge in [-0.15, -0.1) is 0 Å². The molecule has 21 heavy (non-hydrogen) atoms. The van der Waals surface area contributed by atoms with Crippen molar-refractivity contribution >= 4 is 0 Å². The second-order valence-corrected chi connectivity index (χ2v) is 7.23. The maximum Gasteiger partial charge on any atom is 0.138 e. The number of likely N-dealkylation sites (tertiary alicyclic amines) is 1. The molecule has 4 aliphatic rings. The molecule has 1 N–H and O–H groups in total. The van der Waals surface area contributed by atoms with E-state index in [0.29, 0.717) is 12.0 Å². The topological polar surface area (TPSA) is 32.7 Å². The Kier molecular flexibility index (Phi) is 2.16. The SMILES string of the molecule is Cc1ccc2c3c1OC1C(O)C=C[C@H]4C(C2)N(C)CC[C@]314. The molecule has 1 fully saturated rings. The highest BCUT2D eigenvalue weighted by Gasteiger charge is 2.63. The number of hydrogen-bond donors (Lipinski definition) is 1. The third-order valence-electron chi connectivity index (χ3n) is 6.37. The second-order valence-electron chi connectivity index (χ2n) is 7.23. The number of aliphatic hydroxyl groups excluding tert-OH is 1. The lowest BCUT2D eigenvalue weighted by atomic mass is 9.53. The van der Waals surface area contributed by atoms with Crippen LogP contribution < -0.4 is 4.74 Å². The molecule has 1 saturated heterocycles. The molecule has 0 aromatic heterocycles. The molecule has 1 aromatic rings. The molecule has 110 valence electrons. The molecule has 2 aliphatic heterocycles. The van der Waals surface area contributed by atoms with E-state index in [-0.39, 0.29) is 11.5 Å². The Balaban J connectivity index is 1.84. The van der Waals surface area contributed by atoms with Crippen molar-refractivity contribution in [2.24, 2.45) is 5.92 Å². The fourth-order valence-electron chi connectivity index (χ4n) is 5.39. The highest BCUT2D eigenvalue weighted by Crippen LogP contribution is 2.61. The van der Waals surface area contributed by atoms with Crippen LogP contribution in [0.1, 0.15) is 23.1 Å². The summed E-state index contributed by atoms with van der Waals surface area (Å²) >= 11 is 0. The lowest BCUT2D eigenvalue weighted by Crippen LogP contribution is -2.64. The molecule has 1 spiro atoms. The first kappa shape index (κ1) is 12.2. The monoisotopic (exact) mass is 283 g/mol. The number of benzene rings is 1. The fraction of sp³-hybridized carbons (Fsp3) is 0.556. The van der Waals surface area contributed by atoms with Crippen LogP contribution in [-0.4, -0.2) is 41.8 Å². The van der Waals surface area contributed by atoms with Crippen molar-refractivity contribution in [1.29, 1.82) is 0 Å². The van der Waals surface area contributed by atoms with Gasteiger partial charge in [-0.2, -0.15) is 0 Å². The van der Waals surface area contributed by atoms with Crippen molar-refractivity contribution in [1.82, 2.24) is 4.90 Å². The minimum absolute atomic E-state index is 0.000278. The van der Waals surface area contributed by atoms with Gasteiger partial charge in [0.25, 0.3) is 0 Å². The third kappa shape index (κ3) is 1.24. The highest BCUT2D eigenvalue weighted by atomic mass is 16.5. The molecule has 0 saturated carbocycles. The van der Waals surface area contributed by atoms with Crippen LogP contribution in [0.4, 0.5) is 0 Å². The van der Waals surface area contributed by atoms with Crippen LogP contribution in [0.15, 0.2) is 24.3 Å². The highest BCUT2D eigenvalue weighted by molar-refractivity contribution is 5.59. The maximum absolute atomic E-state index is 10.5. The number of ether oxygens (including phenoxy) is 1. The number of piperidine rings is 1. The smallest absolute Gasteiger partial charge is 0.138 e. The molecule has 3 nitrogen and oxygen atoms in total. The summed E-state index contributed by atoms with van der Waals surface area (Å²) in [6.45, 7) is 3.22. The summed E-state index contributed by atoms with van der Waals surface area (Å²) in [7, 11) is 2.24. The summed E-state index contributed by atoms with van der Waals surface area (Å²) in [5.74, 6) is 1.54. The van der Waals surface area contributed by atoms with Gasteiger partial charge in [-0.05, 0) is 44.5 Å². The summed E-state index contributed by atoms with van der Waals surface area (Å²) < 4.78 is 6.34. The van der Waals surface area contributed by atoms with Gasteiger partial charge in [0.05, 0.1) is 0 Å². The zero-order valence-electron chi connectivity index (χ0n) is 12.5. The molecule has 2 bridgehead atoms. The van der Waals surface area contributed by atoms with E-state index in [9.17, 15) is 5.11 Å². The van der Waals surface area contributed by atoms with E-state index in [0.717, 1.165) is 25.1 Å². The van der Waals surface area contributed by atoms with Crippen LogP contribution in [0.3, 0.4) is 0 Å². The number of rotatable bonds is 0. The van der Waals surface area contributed by atoms with Gasteiger partial charge in [-0.25, -0.2) is 0 Å². The van der Waals surface area contributed by atoms with E-state index >= 15 is 0 Å². The van der Waals surface area contributed by atoms with Crippen LogP contribution in [0.25, 0.3) is 0 Å². The molecular formula is C18H21NO2. The van der Waals surface area contributed by atoms with Crippen molar-refractivity contribution in [3.05, 3.63) is 41.0 Å². The van der Waals surface area contributed by atoms with Crippen LogP contribution in [0, 0.1) is 12.8 Å². The van der Waals surface area contributed by atoms with Gasteiger partial charge in [-0.1, -0.05) is 24.3 Å². The van der Waals surface area contributed by atoms with E-state index in [1.54, 1.807) is 0 Å². The van der Waals surface area contributed by atoms with Crippen LogP contribution in [0.5, 0.6) is 5.75 Å². The lowest BCUT2D eigenvalue weighted by molar-refractivity contribution is -0.0451. The van der Waals surface area contributed by atoms with Gasteiger partial charge in [-0.3, -0.25) is 0 Å². The van der Waals surface area contributed by atoms with Gasteiger partial charge >= 0.3 is 0 Å². The predicted molar refractivity (Wildman–Crippen MR) is 80.6 cm³/mol. The molecule has 1 aromatic carbocycles. The summed E-state index contributed by atoms with van der Waals surface area (Å²) in [5, 5.41) is 10.5. The summed E-state index contributed by atoms with van der Waals surface area (Å²) in [6, 6.07) is 5.00. The Labute approximate surface area is 125 Å². The molecule has 0 radical (unpaired) electrons. The third-order valence-corrected chi connectivity index (χ3v) is 6.37. The molecule has 0 amide bonds. The van der Waals surface area contributed by atoms with Crippen molar-refractivity contribution in [2.75, 3.05) is 13.6 Å². The summed E-state index contributed by atoms with van der Waals surface area (Å²) in [5.41, 5.74) is 4.07. The largest absolute Gasteiger partial charge is 0.486 e.